The van der Waals surface area contributed by atoms with E-state index in [2.05, 4.69) is 5.32 Å². The Morgan fingerprint density at radius 3 is 2.54 bits per heavy atom. The van der Waals surface area contributed by atoms with Gasteiger partial charge in [0.05, 0.1) is 5.75 Å². The zero-order chi connectivity index (χ0) is 10.3. The first-order valence-electron chi connectivity index (χ1n) is 4.43. The van der Waals surface area contributed by atoms with Gasteiger partial charge >= 0.3 is 0 Å². The largest absolute Gasteiger partial charge is 0.314 e. The van der Waals surface area contributed by atoms with Crippen molar-refractivity contribution in [3.63, 3.8) is 0 Å². The van der Waals surface area contributed by atoms with Crippen molar-refractivity contribution in [1.82, 2.24) is 5.32 Å². The lowest BCUT2D eigenvalue weighted by Gasteiger charge is -2.11. The zero-order valence-electron chi connectivity index (χ0n) is 8.22. The standard InChI is InChI=1S/C8H18ClNO2S/c1-8(4-5-9)10-6-3-7-13(2,11)12/h8,10H,3-7H2,1-2H3. The van der Waals surface area contributed by atoms with Gasteiger partial charge in [-0.1, -0.05) is 0 Å². The molecule has 0 fully saturated rings. The molecule has 0 bridgehead atoms. The van der Waals surface area contributed by atoms with Crippen molar-refractivity contribution in [3.05, 3.63) is 0 Å². The maximum Gasteiger partial charge on any atom is 0.147 e. The van der Waals surface area contributed by atoms with Crippen LogP contribution in [0, 0.1) is 0 Å². The third kappa shape index (κ3) is 10.1. The van der Waals surface area contributed by atoms with Gasteiger partial charge in [-0.3, -0.25) is 0 Å². The summed E-state index contributed by atoms with van der Waals surface area (Å²) in [6.45, 7) is 2.79. The molecule has 0 aromatic carbocycles. The molecule has 0 saturated carbocycles. The maximum absolute atomic E-state index is 10.8. The Hall–Kier alpha value is 0.200. The van der Waals surface area contributed by atoms with Gasteiger partial charge in [0, 0.05) is 18.2 Å². The van der Waals surface area contributed by atoms with Gasteiger partial charge in [0.1, 0.15) is 9.84 Å². The number of hydrogen-bond acceptors (Lipinski definition) is 3. The molecule has 1 N–H and O–H groups in total. The summed E-state index contributed by atoms with van der Waals surface area (Å²) in [5.41, 5.74) is 0. The van der Waals surface area contributed by atoms with Crippen molar-refractivity contribution < 1.29 is 8.42 Å². The fraction of sp³-hybridized carbons (Fsp3) is 1.00. The van der Waals surface area contributed by atoms with Crippen LogP contribution < -0.4 is 5.32 Å². The minimum absolute atomic E-state index is 0.258. The number of alkyl halides is 1. The van der Waals surface area contributed by atoms with E-state index in [0.717, 1.165) is 13.0 Å². The third-order valence-corrected chi connectivity index (χ3v) is 2.98. The fourth-order valence-electron chi connectivity index (χ4n) is 0.949. The first-order chi connectivity index (χ1) is 5.95. The Balaban J connectivity index is 3.36. The van der Waals surface area contributed by atoms with Crippen LogP contribution in [0.1, 0.15) is 19.8 Å². The van der Waals surface area contributed by atoms with Gasteiger partial charge in [-0.15, -0.1) is 11.6 Å². The number of hydrogen-bond donors (Lipinski definition) is 1. The molecule has 0 rings (SSSR count). The Morgan fingerprint density at radius 1 is 1.46 bits per heavy atom. The second-order valence-electron chi connectivity index (χ2n) is 3.32. The molecule has 5 heteroatoms. The Bertz CT molecular complexity index is 216. The van der Waals surface area contributed by atoms with Gasteiger partial charge in [-0.05, 0) is 26.3 Å². The second-order valence-corrected chi connectivity index (χ2v) is 5.95. The van der Waals surface area contributed by atoms with Crippen LogP contribution in [0.3, 0.4) is 0 Å². The molecule has 0 aromatic heterocycles. The van der Waals surface area contributed by atoms with Gasteiger partial charge in [0.25, 0.3) is 0 Å². The molecule has 1 unspecified atom stereocenters. The van der Waals surface area contributed by atoms with Crippen molar-refractivity contribution in [2.45, 2.75) is 25.8 Å². The van der Waals surface area contributed by atoms with Crippen molar-refractivity contribution in [2.24, 2.45) is 0 Å². The molecule has 0 saturated heterocycles. The molecule has 0 aliphatic heterocycles. The van der Waals surface area contributed by atoms with E-state index in [1.54, 1.807) is 0 Å². The molecule has 0 spiro atoms. The van der Waals surface area contributed by atoms with Gasteiger partial charge < -0.3 is 5.32 Å². The average Bonchev–Trinajstić information content (AvgIpc) is 1.97. The Morgan fingerprint density at radius 2 is 2.08 bits per heavy atom. The number of nitrogens with one attached hydrogen (secondary N) is 1. The van der Waals surface area contributed by atoms with Gasteiger partial charge in [-0.25, -0.2) is 8.42 Å². The maximum atomic E-state index is 10.8. The third-order valence-electron chi connectivity index (χ3n) is 1.73. The summed E-state index contributed by atoms with van der Waals surface area (Å²) in [5.74, 6) is 0.897. The summed E-state index contributed by atoms with van der Waals surface area (Å²) in [5, 5.41) is 3.21. The topological polar surface area (TPSA) is 46.2 Å². The number of halogens is 1. The van der Waals surface area contributed by atoms with Crippen molar-refractivity contribution >= 4 is 21.4 Å². The summed E-state index contributed by atoms with van der Waals surface area (Å²) >= 11 is 5.55. The predicted molar refractivity (Wildman–Crippen MR) is 57.1 cm³/mol. The minimum atomic E-state index is -2.80. The highest BCUT2D eigenvalue weighted by Crippen LogP contribution is 1.94. The first-order valence-corrected chi connectivity index (χ1v) is 7.02. The van der Waals surface area contributed by atoms with Gasteiger partial charge in [0.15, 0.2) is 0 Å². The highest BCUT2D eigenvalue weighted by Gasteiger charge is 2.03. The molecule has 0 aromatic rings. The lowest BCUT2D eigenvalue weighted by atomic mass is 10.2. The van der Waals surface area contributed by atoms with Crippen LogP contribution in [0.25, 0.3) is 0 Å². The lowest BCUT2D eigenvalue weighted by molar-refractivity contribution is 0.532. The molecule has 1 atom stereocenters. The van der Waals surface area contributed by atoms with E-state index >= 15 is 0 Å². The Kier molecular flexibility index (Phi) is 6.73. The fourth-order valence-corrected chi connectivity index (χ4v) is 1.94. The molecule has 80 valence electrons. The van der Waals surface area contributed by atoms with Crippen LogP contribution in [0.15, 0.2) is 0 Å². The predicted octanol–water partition coefficient (Wildman–Crippen LogP) is 1.03. The van der Waals surface area contributed by atoms with E-state index < -0.39 is 9.84 Å². The van der Waals surface area contributed by atoms with Crippen molar-refractivity contribution in [3.8, 4) is 0 Å². The van der Waals surface area contributed by atoms with E-state index in [1.165, 1.54) is 6.26 Å². The highest BCUT2D eigenvalue weighted by molar-refractivity contribution is 7.90. The SMILES string of the molecule is CC(CCCl)NCCCS(C)(=O)=O. The van der Waals surface area contributed by atoms with Crippen LogP contribution in [0.4, 0.5) is 0 Å². The monoisotopic (exact) mass is 227 g/mol. The van der Waals surface area contributed by atoms with Crippen molar-refractivity contribution in [2.75, 3.05) is 24.4 Å². The van der Waals surface area contributed by atoms with Crippen LogP contribution in [-0.4, -0.2) is 38.9 Å². The molecular formula is C8H18ClNO2S. The van der Waals surface area contributed by atoms with E-state index in [-0.39, 0.29) is 5.75 Å². The first kappa shape index (κ1) is 13.2. The highest BCUT2D eigenvalue weighted by atomic mass is 35.5. The molecule has 0 aliphatic rings. The van der Waals surface area contributed by atoms with Crippen LogP contribution in [0.5, 0.6) is 0 Å². The summed E-state index contributed by atoms with van der Waals surface area (Å²) < 4.78 is 21.5. The Labute approximate surface area is 85.8 Å². The minimum Gasteiger partial charge on any atom is -0.314 e. The van der Waals surface area contributed by atoms with Crippen LogP contribution in [-0.2, 0) is 9.84 Å². The van der Waals surface area contributed by atoms with Gasteiger partial charge in [-0.2, -0.15) is 0 Å². The second kappa shape index (κ2) is 6.62. The zero-order valence-corrected chi connectivity index (χ0v) is 9.79. The van der Waals surface area contributed by atoms with E-state index in [4.69, 9.17) is 11.6 Å². The van der Waals surface area contributed by atoms with E-state index in [1.807, 2.05) is 6.92 Å². The number of rotatable bonds is 7. The average molecular weight is 228 g/mol. The van der Waals surface area contributed by atoms with Crippen LogP contribution in [0.2, 0.25) is 0 Å². The van der Waals surface area contributed by atoms with Crippen molar-refractivity contribution in [1.29, 1.82) is 0 Å². The van der Waals surface area contributed by atoms with Crippen LogP contribution >= 0.6 is 11.6 Å². The van der Waals surface area contributed by atoms with Gasteiger partial charge in [0.2, 0.25) is 0 Å². The van der Waals surface area contributed by atoms with E-state index in [0.29, 0.717) is 18.3 Å². The summed E-state index contributed by atoms with van der Waals surface area (Å²) in [6, 6.07) is 0.372. The molecule has 0 amide bonds. The summed E-state index contributed by atoms with van der Waals surface area (Å²) in [4.78, 5) is 0. The molecule has 3 nitrogen and oxygen atoms in total. The molecule has 0 aliphatic carbocycles. The molecule has 0 heterocycles. The normalized spacial score (nSPS) is 14.4. The van der Waals surface area contributed by atoms with E-state index in [9.17, 15) is 8.42 Å². The quantitative estimate of drug-likeness (QED) is 0.522. The smallest absolute Gasteiger partial charge is 0.147 e. The summed E-state index contributed by atoms with van der Waals surface area (Å²) in [6.07, 6.45) is 2.85. The molecular weight excluding hydrogens is 210 g/mol. The summed E-state index contributed by atoms with van der Waals surface area (Å²) in [7, 11) is -2.80. The molecule has 0 radical (unpaired) electrons. The lowest BCUT2D eigenvalue weighted by Crippen LogP contribution is -2.28. The number of sulfone groups is 1. The molecule has 13 heavy (non-hydrogen) atoms.